The molecule has 0 unspecified atom stereocenters. The lowest BCUT2D eigenvalue weighted by Gasteiger charge is -2.00. The largest absolute Gasteiger partial charge is 0.464 e. The van der Waals surface area contributed by atoms with Gasteiger partial charge in [-0.2, -0.15) is 0 Å². The Kier molecular flexibility index (Phi) is 5.38. The van der Waals surface area contributed by atoms with Gasteiger partial charge in [-0.05, 0) is 6.92 Å². The van der Waals surface area contributed by atoms with Crippen LogP contribution in [0.2, 0.25) is 11.1 Å². The molecule has 0 N–H and O–H groups in total. The van der Waals surface area contributed by atoms with Crippen LogP contribution in [0.1, 0.15) is 6.92 Å². The van der Waals surface area contributed by atoms with Crippen LogP contribution in [0.5, 0.6) is 0 Å². The summed E-state index contributed by atoms with van der Waals surface area (Å²) in [6.45, 7) is 5.67. The van der Waals surface area contributed by atoms with Crippen molar-refractivity contribution in [1.29, 1.82) is 0 Å². The minimum atomic E-state index is -0.271. The van der Waals surface area contributed by atoms with E-state index in [1.807, 2.05) is 0 Å². The molecule has 0 aliphatic rings. The Morgan fingerprint density at radius 1 is 1.70 bits per heavy atom. The molecule has 0 bridgehead atoms. The fourth-order valence-corrected chi connectivity index (χ4v) is 0.746. The zero-order valence-electron chi connectivity index (χ0n) is 6.52. The third-order valence-electron chi connectivity index (χ3n) is 0.988. The molecule has 0 saturated heterocycles. The molecule has 0 aliphatic heterocycles. The highest BCUT2D eigenvalue weighted by atomic mass is 27.1. The van der Waals surface area contributed by atoms with Gasteiger partial charge in [-0.1, -0.05) is 11.9 Å². The van der Waals surface area contributed by atoms with Crippen molar-refractivity contribution < 1.29 is 9.53 Å². The summed E-state index contributed by atoms with van der Waals surface area (Å²) >= 11 is 0.442. The van der Waals surface area contributed by atoms with Crippen molar-refractivity contribution >= 4 is 21.2 Å². The van der Waals surface area contributed by atoms with Crippen molar-refractivity contribution in [2.45, 2.75) is 18.0 Å². The van der Waals surface area contributed by atoms with Crippen LogP contribution in [0.3, 0.4) is 0 Å². The normalized spacial score (nSPS) is 8.60. The van der Waals surface area contributed by atoms with Crippen molar-refractivity contribution in [3.05, 3.63) is 12.2 Å². The molecule has 0 aromatic rings. The van der Waals surface area contributed by atoms with Crippen molar-refractivity contribution in [2.75, 3.05) is 6.61 Å². The number of ether oxygens (including phenoxy) is 1. The quantitative estimate of drug-likeness (QED) is 0.264. The molecule has 0 aliphatic carbocycles. The van der Waals surface area contributed by atoms with E-state index in [2.05, 4.69) is 12.4 Å². The molecule has 55 valence electrons. The topological polar surface area (TPSA) is 26.3 Å². The van der Waals surface area contributed by atoms with Crippen LogP contribution in [0.15, 0.2) is 12.2 Å². The summed E-state index contributed by atoms with van der Waals surface area (Å²) < 4.78 is 4.83. The van der Waals surface area contributed by atoms with E-state index in [0.717, 1.165) is 5.28 Å². The second kappa shape index (κ2) is 5.52. The summed E-state index contributed by atoms with van der Waals surface area (Å²) in [7, 11) is 0. The highest BCUT2D eigenvalue weighted by Gasteiger charge is 2.00. The van der Waals surface area contributed by atoms with Crippen LogP contribution < -0.4 is 0 Å². The predicted molar refractivity (Wildman–Crippen MR) is 42.2 cm³/mol. The van der Waals surface area contributed by atoms with Crippen molar-refractivity contribution in [2.24, 2.45) is 0 Å². The average molecular weight is 155 g/mol. The van der Waals surface area contributed by atoms with E-state index in [0.29, 0.717) is 27.4 Å². The minimum absolute atomic E-state index is 0.271. The van der Waals surface area contributed by atoms with E-state index in [4.69, 9.17) is 4.74 Å². The summed E-state index contributed by atoms with van der Waals surface area (Å²) in [6, 6.07) is 0. The first-order chi connectivity index (χ1) is 4.68. The smallest absolute Gasteiger partial charge is 0.333 e. The van der Waals surface area contributed by atoms with Gasteiger partial charge in [-0.25, -0.2) is 4.79 Å². The van der Waals surface area contributed by atoms with Gasteiger partial charge in [0, 0.05) is 5.57 Å². The number of carbonyl (C=O) groups excluding carboxylic acids is 1. The summed E-state index contributed by atoms with van der Waals surface area (Å²) in [5, 5.41) is 1.01. The van der Waals surface area contributed by atoms with E-state index < -0.39 is 0 Å². The Labute approximate surface area is 68.0 Å². The second-order valence-corrected chi connectivity index (χ2v) is 3.51. The van der Waals surface area contributed by atoms with Crippen molar-refractivity contribution in [3.8, 4) is 0 Å². The van der Waals surface area contributed by atoms with Gasteiger partial charge in [0.1, 0.15) is 0 Å². The molecule has 3 heteroatoms. The number of hydrogen-bond acceptors (Lipinski definition) is 2. The molecule has 0 aromatic heterocycles. The van der Waals surface area contributed by atoms with E-state index in [1.165, 1.54) is 0 Å². The van der Waals surface area contributed by atoms with Gasteiger partial charge in [-0.3, -0.25) is 0 Å². The highest BCUT2D eigenvalue weighted by molar-refractivity contribution is 6.33. The van der Waals surface area contributed by atoms with Crippen LogP contribution in [0, 0.1) is 0 Å². The Bertz CT molecular complexity index is 132. The molecular weight excluding hydrogens is 143 g/mol. The standard InChI is InChI=1S/C6H9O2.CH3.Al/c1-4-8-6(7)5(2)3;;/h1-2,4H2,3H3;1H3;. The first-order valence-corrected chi connectivity index (χ1v) is 5.26. The predicted octanol–water partition coefficient (Wildman–Crippen LogP) is 1.28. The van der Waals surface area contributed by atoms with Gasteiger partial charge in [0.15, 0.2) is 0 Å². The van der Waals surface area contributed by atoms with Crippen LogP contribution in [0.4, 0.5) is 0 Å². The molecule has 1 radical (unpaired) electrons. The molecule has 0 amide bonds. The molecule has 0 heterocycles. The lowest BCUT2D eigenvalue weighted by molar-refractivity contribution is -0.138. The fourth-order valence-electron chi connectivity index (χ4n) is 0.393. The molecular formula is C7H12AlO2. The summed E-state index contributed by atoms with van der Waals surface area (Å²) in [4.78, 5) is 10.7. The average Bonchev–Trinajstić information content (AvgIpc) is 1.88. The molecule has 0 fully saturated rings. The molecule has 0 atom stereocenters. The lowest BCUT2D eigenvalue weighted by atomic mass is 10.4. The van der Waals surface area contributed by atoms with Crippen LogP contribution >= 0.6 is 0 Å². The van der Waals surface area contributed by atoms with Crippen LogP contribution in [0.25, 0.3) is 0 Å². The van der Waals surface area contributed by atoms with Gasteiger partial charge >= 0.3 is 5.97 Å². The highest BCUT2D eigenvalue weighted by Crippen LogP contribution is 1.92. The van der Waals surface area contributed by atoms with Crippen LogP contribution in [-0.4, -0.2) is 27.8 Å². The first kappa shape index (κ1) is 9.74. The number of carbonyl (C=O) groups is 1. The van der Waals surface area contributed by atoms with Crippen molar-refractivity contribution in [1.82, 2.24) is 0 Å². The van der Waals surface area contributed by atoms with Gasteiger partial charge < -0.3 is 4.74 Å². The van der Waals surface area contributed by atoms with Gasteiger partial charge in [0.25, 0.3) is 0 Å². The third kappa shape index (κ3) is 4.61. The van der Waals surface area contributed by atoms with Crippen LogP contribution in [-0.2, 0) is 9.53 Å². The van der Waals surface area contributed by atoms with Gasteiger partial charge in [0.05, 0.1) is 6.61 Å². The first-order valence-electron chi connectivity index (χ1n) is 3.29. The maximum atomic E-state index is 10.7. The Balaban J connectivity index is 3.31. The van der Waals surface area contributed by atoms with E-state index >= 15 is 0 Å². The molecule has 0 spiro atoms. The molecule has 2 nitrogen and oxygen atoms in total. The minimum Gasteiger partial charge on any atom is -0.464 e. The van der Waals surface area contributed by atoms with E-state index in [-0.39, 0.29) is 5.97 Å². The molecule has 0 saturated carbocycles. The zero-order chi connectivity index (χ0) is 7.98. The van der Waals surface area contributed by atoms with Gasteiger partial charge in [0.2, 0.25) is 15.2 Å². The van der Waals surface area contributed by atoms with Crippen molar-refractivity contribution in [3.63, 3.8) is 0 Å². The lowest BCUT2D eigenvalue weighted by Crippen LogP contribution is -2.06. The Hall–Kier alpha value is -0.258. The molecule has 0 rings (SSSR count). The maximum Gasteiger partial charge on any atom is 0.333 e. The summed E-state index contributed by atoms with van der Waals surface area (Å²) in [6.07, 6.45) is 0. The SMILES string of the molecule is C=C(C)C(=O)OC[CH2][Al][CH3]. The molecule has 10 heavy (non-hydrogen) atoms. The van der Waals surface area contributed by atoms with E-state index in [1.54, 1.807) is 6.92 Å². The van der Waals surface area contributed by atoms with Gasteiger partial charge in [-0.15, -0.1) is 5.79 Å². The third-order valence-corrected chi connectivity index (χ3v) is 1.80. The monoisotopic (exact) mass is 155 g/mol. The van der Waals surface area contributed by atoms with E-state index in [9.17, 15) is 4.79 Å². The molecule has 0 aromatic carbocycles. The number of esters is 1. The number of hydrogen-bond donors (Lipinski definition) is 0. The number of rotatable bonds is 4. The Morgan fingerprint density at radius 3 is 2.70 bits per heavy atom. The second-order valence-electron chi connectivity index (χ2n) is 2.11. The fraction of sp³-hybridized carbons (Fsp3) is 0.571. The summed E-state index contributed by atoms with van der Waals surface area (Å²) in [5.74, 6) is 1.86. The summed E-state index contributed by atoms with van der Waals surface area (Å²) in [5.41, 5.74) is 0.478. The zero-order valence-corrected chi connectivity index (χ0v) is 7.67. The Morgan fingerprint density at radius 2 is 2.30 bits per heavy atom. The maximum absolute atomic E-state index is 10.7.